The third-order valence-electron chi connectivity index (χ3n) is 4.10. The lowest BCUT2D eigenvalue weighted by molar-refractivity contribution is -0.124. The average Bonchev–Trinajstić information content (AvgIpc) is 3.01. The third-order valence-corrected chi connectivity index (χ3v) is 4.10. The fourth-order valence-corrected chi connectivity index (χ4v) is 2.90. The molecule has 0 saturated carbocycles. The second kappa shape index (κ2) is 6.45. The summed E-state index contributed by atoms with van der Waals surface area (Å²) < 4.78 is 11.0. The summed E-state index contributed by atoms with van der Waals surface area (Å²) in [5.41, 5.74) is 2.06. The van der Waals surface area contributed by atoms with Gasteiger partial charge in [-0.2, -0.15) is 0 Å². The Balaban J connectivity index is 1.58. The summed E-state index contributed by atoms with van der Waals surface area (Å²) in [5.74, 6) is 0.0218. The predicted molar refractivity (Wildman–Crippen MR) is 81.9 cm³/mol. The van der Waals surface area contributed by atoms with Crippen LogP contribution in [0.1, 0.15) is 12.8 Å². The van der Waals surface area contributed by atoms with Crippen molar-refractivity contribution in [2.24, 2.45) is 0 Å². The van der Waals surface area contributed by atoms with E-state index in [1.807, 2.05) is 29.2 Å². The van der Waals surface area contributed by atoms with Crippen LogP contribution in [0.25, 0.3) is 0 Å². The van der Waals surface area contributed by atoms with Crippen LogP contribution in [0.4, 0.5) is 11.4 Å². The van der Waals surface area contributed by atoms with Crippen molar-refractivity contribution in [1.29, 1.82) is 0 Å². The van der Waals surface area contributed by atoms with Gasteiger partial charge >= 0.3 is 0 Å². The van der Waals surface area contributed by atoms with Gasteiger partial charge < -0.3 is 19.3 Å². The Kier molecular flexibility index (Phi) is 4.41. The molecule has 1 amide bonds. The average molecular weight is 290 g/mol. The molecule has 0 aromatic heterocycles. The monoisotopic (exact) mass is 290 g/mol. The van der Waals surface area contributed by atoms with Crippen molar-refractivity contribution in [2.75, 3.05) is 49.8 Å². The summed E-state index contributed by atoms with van der Waals surface area (Å²) in [4.78, 5) is 16.4. The van der Waals surface area contributed by atoms with Crippen molar-refractivity contribution >= 4 is 17.3 Å². The van der Waals surface area contributed by atoms with E-state index >= 15 is 0 Å². The van der Waals surface area contributed by atoms with Crippen molar-refractivity contribution in [3.05, 3.63) is 24.3 Å². The fourth-order valence-electron chi connectivity index (χ4n) is 2.90. The SMILES string of the molecule is CN1CCN(C(=O)COCC2CCCO2)c2ccccc21. The van der Waals surface area contributed by atoms with Gasteiger partial charge in [-0.3, -0.25) is 4.79 Å². The van der Waals surface area contributed by atoms with Crippen molar-refractivity contribution in [2.45, 2.75) is 18.9 Å². The van der Waals surface area contributed by atoms with Crippen LogP contribution in [0.5, 0.6) is 0 Å². The maximum atomic E-state index is 12.4. The van der Waals surface area contributed by atoms with E-state index in [9.17, 15) is 4.79 Å². The molecular formula is C16H22N2O3. The van der Waals surface area contributed by atoms with Gasteiger partial charge in [0.25, 0.3) is 5.91 Å². The molecule has 0 N–H and O–H groups in total. The van der Waals surface area contributed by atoms with E-state index in [1.165, 1.54) is 0 Å². The van der Waals surface area contributed by atoms with Gasteiger partial charge in [-0.05, 0) is 25.0 Å². The van der Waals surface area contributed by atoms with Gasteiger partial charge in [-0.15, -0.1) is 0 Å². The van der Waals surface area contributed by atoms with Crippen LogP contribution in [0.2, 0.25) is 0 Å². The van der Waals surface area contributed by atoms with Crippen molar-refractivity contribution in [3.63, 3.8) is 0 Å². The Morgan fingerprint density at radius 2 is 2.14 bits per heavy atom. The first-order valence-corrected chi connectivity index (χ1v) is 7.55. The number of para-hydroxylation sites is 2. The molecule has 0 spiro atoms. The zero-order valence-corrected chi connectivity index (χ0v) is 12.5. The molecule has 114 valence electrons. The summed E-state index contributed by atoms with van der Waals surface area (Å²) in [5, 5.41) is 0. The Bertz CT molecular complexity index is 500. The highest BCUT2D eigenvalue weighted by Gasteiger charge is 2.25. The van der Waals surface area contributed by atoms with Gasteiger partial charge in [-0.1, -0.05) is 12.1 Å². The second-order valence-electron chi connectivity index (χ2n) is 5.61. The van der Waals surface area contributed by atoms with Crippen LogP contribution in [-0.2, 0) is 14.3 Å². The minimum absolute atomic E-state index is 0.0218. The molecule has 1 unspecified atom stereocenters. The fraction of sp³-hybridized carbons (Fsp3) is 0.562. The zero-order valence-electron chi connectivity index (χ0n) is 12.5. The van der Waals surface area contributed by atoms with Crippen LogP contribution in [-0.4, -0.2) is 52.0 Å². The number of carbonyl (C=O) groups is 1. The number of hydrogen-bond acceptors (Lipinski definition) is 4. The number of amides is 1. The first-order valence-electron chi connectivity index (χ1n) is 7.55. The molecule has 0 bridgehead atoms. The van der Waals surface area contributed by atoms with Gasteiger partial charge in [0.15, 0.2) is 0 Å². The molecule has 2 aliphatic rings. The topological polar surface area (TPSA) is 42.0 Å². The Labute approximate surface area is 125 Å². The largest absolute Gasteiger partial charge is 0.376 e. The van der Waals surface area contributed by atoms with E-state index in [2.05, 4.69) is 11.9 Å². The van der Waals surface area contributed by atoms with Crippen molar-refractivity contribution in [1.82, 2.24) is 0 Å². The Morgan fingerprint density at radius 1 is 1.33 bits per heavy atom. The van der Waals surface area contributed by atoms with Crippen LogP contribution >= 0.6 is 0 Å². The molecule has 2 heterocycles. The van der Waals surface area contributed by atoms with Gasteiger partial charge in [0.2, 0.25) is 0 Å². The summed E-state index contributed by atoms with van der Waals surface area (Å²) in [6.07, 6.45) is 2.29. The first kappa shape index (κ1) is 14.4. The molecule has 1 aromatic carbocycles. The van der Waals surface area contributed by atoms with E-state index in [1.54, 1.807) is 0 Å². The van der Waals surface area contributed by atoms with E-state index in [0.717, 1.165) is 37.4 Å². The molecule has 1 aromatic rings. The minimum Gasteiger partial charge on any atom is -0.376 e. The molecule has 1 fully saturated rings. The van der Waals surface area contributed by atoms with E-state index < -0.39 is 0 Å². The van der Waals surface area contributed by atoms with Crippen LogP contribution in [0.15, 0.2) is 24.3 Å². The summed E-state index contributed by atoms with van der Waals surface area (Å²) in [6.45, 7) is 3.00. The molecule has 2 aliphatic heterocycles. The highest BCUT2D eigenvalue weighted by atomic mass is 16.5. The van der Waals surface area contributed by atoms with E-state index in [-0.39, 0.29) is 18.6 Å². The number of hydrogen-bond donors (Lipinski definition) is 0. The van der Waals surface area contributed by atoms with E-state index in [0.29, 0.717) is 13.2 Å². The normalized spacial score (nSPS) is 21.5. The molecule has 3 rings (SSSR count). The lowest BCUT2D eigenvalue weighted by atomic mass is 10.1. The third kappa shape index (κ3) is 3.19. The first-order chi connectivity index (χ1) is 10.3. The Morgan fingerprint density at radius 3 is 2.90 bits per heavy atom. The van der Waals surface area contributed by atoms with Gasteiger partial charge in [-0.25, -0.2) is 0 Å². The molecular weight excluding hydrogens is 268 g/mol. The number of ether oxygens (including phenoxy) is 2. The van der Waals surface area contributed by atoms with E-state index in [4.69, 9.17) is 9.47 Å². The number of likely N-dealkylation sites (N-methyl/N-ethyl adjacent to an activating group) is 1. The quantitative estimate of drug-likeness (QED) is 0.846. The highest BCUT2D eigenvalue weighted by molar-refractivity contribution is 5.98. The maximum absolute atomic E-state index is 12.4. The van der Waals surface area contributed by atoms with Crippen molar-refractivity contribution in [3.8, 4) is 0 Å². The minimum atomic E-state index is 0.0218. The lowest BCUT2D eigenvalue weighted by Crippen LogP contribution is -2.44. The molecule has 5 heteroatoms. The molecule has 21 heavy (non-hydrogen) atoms. The smallest absolute Gasteiger partial charge is 0.253 e. The number of benzene rings is 1. The lowest BCUT2D eigenvalue weighted by Gasteiger charge is -2.35. The second-order valence-corrected chi connectivity index (χ2v) is 5.61. The van der Waals surface area contributed by atoms with Crippen molar-refractivity contribution < 1.29 is 14.3 Å². The number of fused-ring (bicyclic) bond motifs is 1. The Hall–Kier alpha value is -1.59. The number of rotatable bonds is 4. The number of carbonyl (C=O) groups excluding carboxylic acids is 1. The number of nitrogens with zero attached hydrogens (tertiary/aromatic N) is 2. The highest BCUT2D eigenvalue weighted by Crippen LogP contribution is 2.31. The van der Waals surface area contributed by atoms with Gasteiger partial charge in [0.1, 0.15) is 6.61 Å². The molecule has 1 atom stereocenters. The standard InChI is InChI=1S/C16H22N2O3/c1-17-8-9-18(15-7-3-2-6-14(15)17)16(19)12-20-11-13-5-4-10-21-13/h2-3,6-7,13H,4-5,8-12H2,1H3. The number of anilines is 2. The van der Waals surface area contributed by atoms with Crippen LogP contribution < -0.4 is 9.80 Å². The van der Waals surface area contributed by atoms with Gasteiger partial charge in [0.05, 0.1) is 24.1 Å². The predicted octanol–water partition coefficient (Wildman–Crippen LogP) is 1.66. The zero-order chi connectivity index (χ0) is 14.7. The molecule has 1 saturated heterocycles. The molecule has 5 nitrogen and oxygen atoms in total. The molecule has 0 aliphatic carbocycles. The summed E-state index contributed by atoms with van der Waals surface area (Å²) in [7, 11) is 2.05. The summed E-state index contributed by atoms with van der Waals surface area (Å²) in [6, 6.07) is 7.99. The summed E-state index contributed by atoms with van der Waals surface area (Å²) >= 11 is 0. The van der Waals surface area contributed by atoms with Crippen LogP contribution in [0.3, 0.4) is 0 Å². The van der Waals surface area contributed by atoms with Crippen LogP contribution in [0, 0.1) is 0 Å². The molecule has 0 radical (unpaired) electrons. The van der Waals surface area contributed by atoms with Gasteiger partial charge in [0, 0.05) is 26.7 Å². The maximum Gasteiger partial charge on any atom is 0.253 e.